The first-order chi connectivity index (χ1) is 14.9. The van der Waals surface area contributed by atoms with E-state index in [-0.39, 0.29) is 10.2 Å². The minimum Gasteiger partial charge on any atom is -0.508 e. The van der Waals surface area contributed by atoms with Crippen molar-refractivity contribution in [2.75, 3.05) is 11.5 Å². The fraction of sp³-hybridized carbons (Fsp3) is 0.704. The minimum absolute atomic E-state index is 0.0707. The number of phenols is 1. The molecule has 1 atom stereocenters. The van der Waals surface area contributed by atoms with Crippen LogP contribution in [0.3, 0.4) is 0 Å². The van der Waals surface area contributed by atoms with Crippen molar-refractivity contribution in [2.45, 2.75) is 109 Å². The minimum atomic E-state index is 0.0707. The molecule has 2 aliphatic rings. The van der Waals surface area contributed by atoms with Crippen molar-refractivity contribution in [2.24, 2.45) is 0 Å². The standard InChI is InChI=1S/C25H38O2S2.C2H6/c1-5-6-7-8-12-25(28-13-14-29-25)21-16-22(26)24(23(17-21)27-18(2)3)20-11-9-10-19(4)15-20;1-2/h10,16-18,20,26H,5-9,11-15H2,1-4H3;1-2H3. The van der Waals surface area contributed by atoms with Crippen molar-refractivity contribution in [3.05, 3.63) is 34.9 Å². The summed E-state index contributed by atoms with van der Waals surface area (Å²) in [5.74, 6) is 4.09. The molecule has 1 aliphatic carbocycles. The van der Waals surface area contributed by atoms with Gasteiger partial charge in [0.25, 0.3) is 0 Å². The topological polar surface area (TPSA) is 29.5 Å². The highest BCUT2D eigenvalue weighted by molar-refractivity contribution is 8.20. The van der Waals surface area contributed by atoms with Gasteiger partial charge in [0.15, 0.2) is 0 Å². The lowest BCUT2D eigenvalue weighted by Gasteiger charge is -2.31. The van der Waals surface area contributed by atoms with Crippen LogP contribution in [0.15, 0.2) is 23.8 Å². The van der Waals surface area contributed by atoms with E-state index in [0.717, 1.165) is 30.6 Å². The normalized spacial score (nSPS) is 20.2. The van der Waals surface area contributed by atoms with E-state index in [1.165, 1.54) is 54.7 Å². The van der Waals surface area contributed by atoms with Crippen molar-refractivity contribution < 1.29 is 9.84 Å². The summed E-state index contributed by atoms with van der Waals surface area (Å²) in [4.78, 5) is 0. The number of allylic oxidation sites excluding steroid dienone is 2. The molecule has 31 heavy (non-hydrogen) atoms. The number of hydrogen-bond acceptors (Lipinski definition) is 4. The van der Waals surface area contributed by atoms with Gasteiger partial charge in [-0.15, -0.1) is 23.5 Å². The number of benzene rings is 1. The van der Waals surface area contributed by atoms with E-state index in [4.69, 9.17) is 4.74 Å². The van der Waals surface area contributed by atoms with Crippen LogP contribution in [-0.4, -0.2) is 22.7 Å². The van der Waals surface area contributed by atoms with Crippen molar-refractivity contribution in [1.29, 1.82) is 0 Å². The van der Waals surface area contributed by atoms with Gasteiger partial charge in [-0.3, -0.25) is 0 Å². The van der Waals surface area contributed by atoms with Gasteiger partial charge >= 0.3 is 0 Å². The maximum Gasteiger partial charge on any atom is 0.127 e. The Kier molecular flexibility index (Phi) is 11.2. The Morgan fingerprint density at radius 1 is 1.13 bits per heavy atom. The van der Waals surface area contributed by atoms with Gasteiger partial charge in [-0.2, -0.15) is 0 Å². The third-order valence-corrected chi connectivity index (χ3v) is 9.61. The van der Waals surface area contributed by atoms with E-state index >= 15 is 0 Å². The summed E-state index contributed by atoms with van der Waals surface area (Å²) in [5.41, 5.74) is 3.71. The van der Waals surface area contributed by atoms with Crippen LogP contribution < -0.4 is 4.74 Å². The highest BCUT2D eigenvalue weighted by Crippen LogP contribution is 2.57. The van der Waals surface area contributed by atoms with Gasteiger partial charge in [0, 0.05) is 17.1 Å². The first-order valence-electron chi connectivity index (χ1n) is 12.4. The van der Waals surface area contributed by atoms with Crippen LogP contribution in [0, 0.1) is 0 Å². The molecular formula is C27H44O2S2. The van der Waals surface area contributed by atoms with E-state index in [2.05, 4.69) is 69.4 Å². The van der Waals surface area contributed by atoms with Crippen LogP contribution in [-0.2, 0) is 4.08 Å². The van der Waals surface area contributed by atoms with Gasteiger partial charge in [0.1, 0.15) is 11.5 Å². The Morgan fingerprint density at radius 3 is 2.45 bits per heavy atom. The molecule has 1 aromatic carbocycles. The number of thioether (sulfide) groups is 2. The second kappa shape index (κ2) is 13.1. The van der Waals surface area contributed by atoms with Crippen LogP contribution in [0.2, 0.25) is 0 Å². The van der Waals surface area contributed by atoms with E-state index in [9.17, 15) is 5.11 Å². The summed E-state index contributed by atoms with van der Waals surface area (Å²) in [7, 11) is 0. The molecule has 1 heterocycles. The molecule has 3 rings (SSSR count). The molecule has 0 spiro atoms. The number of hydrogen-bond donors (Lipinski definition) is 1. The summed E-state index contributed by atoms with van der Waals surface area (Å²) in [5, 5.41) is 11.2. The van der Waals surface area contributed by atoms with Gasteiger partial charge in [0.05, 0.1) is 10.2 Å². The summed E-state index contributed by atoms with van der Waals surface area (Å²) >= 11 is 4.13. The molecule has 0 bridgehead atoms. The zero-order chi connectivity index (χ0) is 22.9. The lowest BCUT2D eigenvalue weighted by atomic mass is 9.82. The molecule has 1 aromatic rings. The van der Waals surface area contributed by atoms with E-state index in [1.54, 1.807) is 0 Å². The molecule has 4 heteroatoms. The molecule has 1 aliphatic heterocycles. The largest absolute Gasteiger partial charge is 0.508 e. The molecule has 2 nitrogen and oxygen atoms in total. The third kappa shape index (κ3) is 7.12. The van der Waals surface area contributed by atoms with Gasteiger partial charge in [0.2, 0.25) is 0 Å². The summed E-state index contributed by atoms with van der Waals surface area (Å²) < 4.78 is 6.38. The van der Waals surface area contributed by atoms with Crippen LogP contribution in [0.4, 0.5) is 0 Å². The molecule has 0 saturated carbocycles. The summed E-state index contributed by atoms with van der Waals surface area (Å²) in [6.45, 7) is 12.6. The number of aromatic hydroxyl groups is 1. The maximum absolute atomic E-state index is 11.2. The number of ether oxygens (including phenoxy) is 1. The molecule has 1 N–H and O–H groups in total. The number of rotatable bonds is 9. The van der Waals surface area contributed by atoms with Crippen LogP contribution >= 0.6 is 23.5 Å². The lowest BCUT2D eigenvalue weighted by Crippen LogP contribution is -2.17. The number of unbranched alkanes of at least 4 members (excludes halogenated alkanes) is 3. The first-order valence-corrected chi connectivity index (χ1v) is 14.4. The highest BCUT2D eigenvalue weighted by atomic mass is 32.2. The van der Waals surface area contributed by atoms with Gasteiger partial charge in [-0.1, -0.05) is 58.1 Å². The Bertz CT molecular complexity index is 705. The molecule has 0 radical (unpaired) electrons. The molecule has 1 fully saturated rings. The van der Waals surface area contributed by atoms with Crippen molar-refractivity contribution in [3.63, 3.8) is 0 Å². The molecular weight excluding hydrogens is 420 g/mol. The van der Waals surface area contributed by atoms with E-state index in [1.807, 2.05) is 13.8 Å². The first kappa shape index (κ1) is 26.5. The monoisotopic (exact) mass is 464 g/mol. The zero-order valence-electron chi connectivity index (χ0n) is 20.6. The Morgan fingerprint density at radius 2 is 1.84 bits per heavy atom. The zero-order valence-corrected chi connectivity index (χ0v) is 22.3. The Hall–Kier alpha value is -0.740. The average molecular weight is 465 g/mol. The van der Waals surface area contributed by atoms with E-state index in [0.29, 0.717) is 11.7 Å². The lowest BCUT2D eigenvalue weighted by molar-refractivity contribution is 0.236. The van der Waals surface area contributed by atoms with Crippen LogP contribution in [0.25, 0.3) is 0 Å². The van der Waals surface area contributed by atoms with Crippen LogP contribution in [0.5, 0.6) is 11.5 Å². The SMILES string of the molecule is CC.CCCCCCC1(c2cc(O)c(C3CCC=C(C)C3)c(OC(C)C)c2)SCCS1. The Labute approximate surface area is 200 Å². The van der Waals surface area contributed by atoms with Crippen molar-refractivity contribution >= 4 is 23.5 Å². The molecule has 0 amide bonds. The average Bonchev–Trinajstić information content (AvgIpc) is 3.22. The van der Waals surface area contributed by atoms with Crippen molar-refractivity contribution in [1.82, 2.24) is 0 Å². The second-order valence-corrected chi connectivity index (χ2v) is 11.9. The van der Waals surface area contributed by atoms with Crippen molar-refractivity contribution in [3.8, 4) is 11.5 Å². The highest BCUT2D eigenvalue weighted by Gasteiger charge is 2.38. The quantitative estimate of drug-likeness (QED) is 0.291. The number of phenolic OH excluding ortho intramolecular Hbond substituents is 1. The second-order valence-electron chi connectivity index (χ2n) is 8.86. The maximum atomic E-state index is 11.2. The van der Waals surface area contributed by atoms with Crippen LogP contribution in [0.1, 0.15) is 110 Å². The predicted octanol–water partition coefficient (Wildman–Crippen LogP) is 9.02. The fourth-order valence-corrected chi connectivity index (χ4v) is 7.95. The predicted molar refractivity (Wildman–Crippen MR) is 141 cm³/mol. The smallest absolute Gasteiger partial charge is 0.127 e. The van der Waals surface area contributed by atoms with Gasteiger partial charge in [-0.25, -0.2) is 0 Å². The molecule has 176 valence electrons. The summed E-state index contributed by atoms with van der Waals surface area (Å²) in [6.07, 6.45) is 11.9. The van der Waals surface area contributed by atoms with E-state index < -0.39 is 0 Å². The third-order valence-electron chi connectivity index (χ3n) is 6.02. The van der Waals surface area contributed by atoms with Gasteiger partial charge in [-0.05, 0) is 70.1 Å². The van der Waals surface area contributed by atoms with Gasteiger partial charge < -0.3 is 9.84 Å². The molecule has 0 aromatic heterocycles. The summed E-state index contributed by atoms with van der Waals surface area (Å²) in [6, 6.07) is 4.34. The fourth-order valence-electron chi connectivity index (χ4n) is 4.64. The molecule has 1 unspecified atom stereocenters. The Balaban J connectivity index is 0.00000166. The molecule has 1 saturated heterocycles.